The third-order valence-electron chi connectivity index (χ3n) is 3.87. The van der Waals surface area contributed by atoms with Crippen LogP contribution in [0.5, 0.6) is 5.75 Å². The van der Waals surface area contributed by atoms with Gasteiger partial charge in [0.25, 0.3) is 0 Å². The molecular weight excluding hydrogens is 364 g/mol. The van der Waals surface area contributed by atoms with E-state index >= 15 is 0 Å². The SMILES string of the molecule is C=Cc1cc(OC(C)(C)C)cc(-c2cc(C)cc(C(C)(C)C)c2)c1.CC.CC.CC. The first-order valence-corrected chi connectivity index (χ1v) is 11.6. The quantitative estimate of drug-likeness (QED) is 0.487. The third kappa shape index (κ3) is 10.7. The van der Waals surface area contributed by atoms with E-state index in [-0.39, 0.29) is 11.0 Å². The fraction of sp³-hybridized carbons (Fsp3) is 0.517. The zero-order valence-corrected chi connectivity index (χ0v) is 22.2. The minimum Gasteiger partial charge on any atom is -0.488 e. The number of rotatable bonds is 3. The molecule has 0 aliphatic rings. The molecule has 0 aliphatic heterocycles. The van der Waals surface area contributed by atoms with Gasteiger partial charge in [-0.25, -0.2) is 0 Å². The summed E-state index contributed by atoms with van der Waals surface area (Å²) < 4.78 is 6.09. The molecule has 0 fully saturated rings. The zero-order valence-electron chi connectivity index (χ0n) is 22.2. The van der Waals surface area contributed by atoms with E-state index in [0.29, 0.717) is 0 Å². The minimum absolute atomic E-state index is 0.127. The van der Waals surface area contributed by atoms with Crippen LogP contribution in [0.1, 0.15) is 99.8 Å². The predicted octanol–water partition coefficient (Wildman–Crippen LogP) is 9.86. The van der Waals surface area contributed by atoms with Crippen LogP contribution in [-0.2, 0) is 5.41 Å². The highest BCUT2D eigenvalue weighted by Crippen LogP contribution is 2.32. The normalized spacial score (nSPS) is 10.3. The second kappa shape index (κ2) is 14.1. The van der Waals surface area contributed by atoms with E-state index in [4.69, 9.17) is 4.74 Å². The van der Waals surface area contributed by atoms with Gasteiger partial charge in [-0.05, 0) is 73.6 Å². The van der Waals surface area contributed by atoms with Crippen LogP contribution in [0.4, 0.5) is 0 Å². The lowest BCUT2D eigenvalue weighted by Gasteiger charge is -2.23. The standard InChI is InChI=1S/C23H30O.3C2H6/c1-9-17-12-19(15-21(13-17)24-23(6,7)8)18-10-16(2)11-20(14-18)22(3,4)5;3*1-2/h9-15H,1H2,2-8H3;3*1-2H3. The molecule has 2 rings (SSSR count). The smallest absolute Gasteiger partial charge is 0.121 e. The average molecular weight is 413 g/mol. The van der Waals surface area contributed by atoms with Crippen LogP contribution >= 0.6 is 0 Å². The summed E-state index contributed by atoms with van der Waals surface area (Å²) in [6, 6.07) is 13.1. The van der Waals surface area contributed by atoms with Crippen molar-refractivity contribution >= 4 is 6.08 Å². The zero-order chi connectivity index (χ0) is 24.1. The van der Waals surface area contributed by atoms with Crippen LogP contribution in [0, 0.1) is 6.92 Å². The lowest BCUT2D eigenvalue weighted by atomic mass is 9.84. The molecule has 0 spiro atoms. The van der Waals surface area contributed by atoms with Crippen molar-refractivity contribution in [2.24, 2.45) is 0 Å². The Balaban J connectivity index is 0. The summed E-state index contributed by atoms with van der Waals surface area (Å²) in [6.45, 7) is 31.0. The maximum atomic E-state index is 6.09. The van der Waals surface area contributed by atoms with E-state index < -0.39 is 0 Å². The first kappa shape index (κ1) is 30.2. The van der Waals surface area contributed by atoms with E-state index in [1.807, 2.05) is 53.7 Å². The van der Waals surface area contributed by atoms with Crippen molar-refractivity contribution in [3.8, 4) is 16.9 Å². The van der Waals surface area contributed by atoms with Crippen molar-refractivity contribution < 1.29 is 4.74 Å². The fourth-order valence-corrected chi connectivity index (χ4v) is 2.70. The van der Waals surface area contributed by atoms with Crippen molar-refractivity contribution in [3.05, 3.63) is 59.7 Å². The van der Waals surface area contributed by atoms with E-state index in [1.165, 1.54) is 22.3 Å². The highest BCUT2D eigenvalue weighted by Gasteiger charge is 2.16. The number of ether oxygens (including phenoxy) is 1. The molecule has 0 N–H and O–H groups in total. The molecule has 30 heavy (non-hydrogen) atoms. The van der Waals surface area contributed by atoms with Crippen LogP contribution in [0.25, 0.3) is 17.2 Å². The molecule has 0 unspecified atom stereocenters. The van der Waals surface area contributed by atoms with Gasteiger partial charge in [0, 0.05) is 0 Å². The van der Waals surface area contributed by atoms with E-state index in [0.717, 1.165) is 11.3 Å². The maximum Gasteiger partial charge on any atom is 0.121 e. The summed E-state index contributed by atoms with van der Waals surface area (Å²) in [5.41, 5.74) is 6.00. The van der Waals surface area contributed by atoms with Crippen LogP contribution in [0.2, 0.25) is 0 Å². The largest absolute Gasteiger partial charge is 0.488 e. The van der Waals surface area contributed by atoms with Crippen molar-refractivity contribution in [1.29, 1.82) is 0 Å². The van der Waals surface area contributed by atoms with Crippen LogP contribution in [-0.4, -0.2) is 5.60 Å². The molecule has 0 aromatic heterocycles. The molecule has 2 aromatic rings. The van der Waals surface area contributed by atoms with Crippen molar-refractivity contribution in [2.45, 2.75) is 101 Å². The van der Waals surface area contributed by atoms with E-state index in [1.54, 1.807) is 0 Å². The van der Waals surface area contributed by atoms with Crippen molar-refractivity contribution in [3.63, 3.8) is 0 Å². The highest BCUT2D eigenvalue weighted by molar-refractivity contribution is 5.71. The Morgan fingerprint density at radius 1 is 0.700 bits per heavy atom. The molecule has 0 bridgehead atoms. The van der Waals surface area contributed by atoms with Gasteiger partial charge in [0.2, 0.25) is 0 Å². The van der Waals surface area contributed by atoms with Gasteiger partial charge in [-0.3, -0.25) is 0 Å². The lowest BCUT2D eigenvalue weighted by molar-refractivity contribution is 0.131. The monoisotopic (exact) mass is 412 g/mol. The molecule has 1 heteroatoms. The number of hydrogen-bond donors (Lipinski definition) is 0. The summed E-state index contributed by atoms with van der Waals surface area (Å²) in [7, 11) is 0. The second-order valence-electron chi connectivity index (χ2n) is 8.55. The van der Waals surface area contributed by atoms with Crippen LogP contribution in [0.3, 0.4) is 0 Å². The Morgan fingerprint density at radius 3 is 1.63 bits per heavy atom. The topological polar surface area (TPSA) is 9.23 Å². The molecule has 0 saturated heterocycles. The molecule has 0 amide bonds. The molecule has 1 nitrogen and oxygen atoms in total. The van der Waals surface area contributed by atoms with Gasteiger partial charge in [-0.15, -0.1) is 0 Å². The molecule has 0 heterocycles. The molecule has 0 aliphatic carbocycles. The highest BCUT2D eigenvalue weighted by atomic mass is 16.5. The summed E-state index contributed by atoms with van der Waals surface area (Å²) in [4.78, 5) is 0. The fourth-order valence-electron chi connectivity index (χ4n) is 2.70. The van der Waals surface area contributed by atoms with E-state index in [9.17, 15) is 0 Å². The van der Waals surface area contributed by atoms with Gasteiger partial charge in [-0.1, -0.05) is 98.7 Å². The molecule has 2 aromatic carbocycles. The van der Waals surface area contributed by atoms with Crippen LogP contribution in [0.15, 0.2) is 43.0 Å². The van der Waals surface area contributed by atoms with Crippen molar-refractivity contribution in [1.82, 2.24) is 0 Å². The Kier molecular flexibility index (Phi) is 14.1. The first-order valence-electron chi connectivity index (χ1n) is 11.6. The molecule has 0 atom stereocenters. The van der Waals surface area contributed by atoms with Gasteiger partial charge in [0.15, 0.2) is 0 Å². The Bertz CT molecular complexity index is 740. The Labute approximate surface area is 188 Å². The molecule has 170 valence electrons. The first-order chi connectivity index (χ1) is 14.0. The number of aryl methyl sites for hydroxylation is 1. The summed E-state index contributed by atoms with van der Waals surface area (Å²) in [5, 5.41) is 0. The second-order valence-corrected chi connectivity index (χ2v) is 8.55. The number of benzene rings is 2. The van der Waals surface area contributed by atoms with Gasteiger partial charge in [-0.2, -0.15) is 0 Å². The minimum atomic E-state index is -0.222. The molecule has 0 radical (unpaired) electrons. The van der Waals surface area contributed by atoms with Crippen LogP contribution < -0.4 is 4.74 Å². The Hall–Kier alpha value is -2.02. The third-order valence-corrected chi connectivity index (χ3v) is 3.87. The van der Waals surface area contributed by atoms with Gasteiger partial charge in [0.05, 0.1) is 0 Å². The maximum absolute atomic E-state index is 6.09. The molecule has 0 saturated carbocycles. The molecular formula is C29H48O. The van der Waals surface area contributed by atoms with Gasteiger partial charge < -0.3 is 4.74 Å². The Morgan fingerprint density at radius 2 is 1.20 bits per heavy atom. The van der Waals surface area contributed by atoms with E-state index in [2.05, 4.69) is 85.4 Å². The van der Waals surface area contributed by atoms with Gasteiger partial charge in [0.1, 0.15) is 11.4 Å². The predicted molar refractivity (Wildman–Crippen MR) is 140 cm³/mol. The number of hydrogen-bond acceptors (Lipinski definition) is 1. The average Bonchev–Trinajstić information content (AvgIpc) is 2.70. The summed E-state index contributed by atoms with van der Waals surface area (Å²) >= 11 is 0. The van der Waals surface area contributed by atoms with Gasteiger partial charge >= 0.3 is 0 Å². The van der Waals surface area contributed by atoms with Crippen molar-refractivity contribution in [2.75, 3.05) is 0 Å². The summed E-state index contributed by atoms with van der Waals surface area (Å²) in [5.74, 6) is 0.883. The summed E-state index contributed by atoms with van der Waals surface area (Å²) in [6.07, 6.45) is 1.87. The lowest BCUT2D eigenvalue weighted by Crippen LogP contribution is -2.23.